The lowest BCUT2D eigenvalue weighted by atomic mass is 9.85. The van der Waals surface area contributed by atoms with E-state index in [9.17, 15) is 0 Å². The van der Waals surface area contributed by atoms with Crippen LogP contribution >= 0.6 is 0 Å². The highest BCUT2D eigenvalue weighted by Crippen LogP contribution is 2.48. The molecule has 1 aliphatic carbocycles. The highest BCUT2D eigenvalue weighted by molar-refractivity contribution is 6.11. The Morgan fingerprint density at radius 1 is 0.375 bits per heavy atom. The summed E-state index contributed by atoms with van der Waals surface area (Å²) in [6.07, 6.45) is 3.48. The van der Waals surface area contributed by atoms with Gasteiger partial charge in [-0.2, -0.15) is 0 Å². The number of hydrogen-bond acceptors (Lipinski definition) is 4. The Kier molecular flexibility index (Phi) is 13.8. The van der Waals surface area contributed by atoms with Crippen LogP contribution in [0.25, 0.3) is 77.2 Å². The number of benzene rings is 8. The van der Waals surface area contributed by atoms with Crippen molar-refractivity contribution in [2.75, 3.05) is 14.2 Å². The first kappa shape index (κ1) is 54.5. The van der Waals surface area contributed by atoms with Crippen LogP contribution in [-0.4, -0.2) is 35.6 Å². The third-order valence-electron chi connectivity index (χ3n) is 16.8. The maximum Gasteiger partial charge on any atom is 0.150 e. The Morgan fingerprint density at radius 2 is 0.688 bits per heavy atom. The monoisotopic (exact) mass is 1060 g/mol. The molecular formula is C74H82N2O4. The number of nitrogens with zero attached hydrogens (tertiary/aromatic N) is 2. The molecular weight excluding hydrogens is 981 g/mol. The standard InChI is InChI=1S/C74H82N2O4/c1-45-36-59(69(77-15)65(38-45)75-61-32-28-47(71(3,4)5)40-55(61)56-41-48(72(6,7)8)29-33-62(56)75)53-24-17-19-26-67(53)79-51-22-21-23-52(44-51)80-68-27-20-18-25-54(68)60-37-46(2)39-66(70(60)78-16)76-63-34-30-49(73(9,10)11)42-57(63)58-43-50(74(12,13)14)31-35-64(58)76/h17-20,24-43,51-52H,21-23,44H2,1-16H3/t51-,52+. The topological polar surface area (TPSA) is 46.8 Å². The predicted octanol–water partition coefficient (Wildman–Crippen LogP) is 19.8. The van der Waals surface area contributed by atoms with Crippen LogP contribution in [-0.2, 0) is 21.7 Å². The van der Waals surface area contributed by atoms with Crippen molar-refractivity contribution in [2.45, 2.75) is 156 Å². The van der Waals surface area contributed by atoms with Crippen LogP contribution in [0.2, 0.25) is 0 Å². The molecule has 2 aromatic heterocycles. The fourth-order valence-corrected chi connectivity index (χ4v) is 12.4. The lowest BCUT2D eigenvalue weighted by molar-refractivity contribution is 0.0686. The van der Waals surface area contributed by atoms with E-state index in [0.717, 1.165) is 116 Å². The molecule has 11 rings (SSSR count). The highest BCUT2D eigenvalue weighted by atomic mass is 16.5. The molecule has 2 atom stereocenters. The minimum absolute atomic E-state index is 0.00226. The molecule has 0 spiro atoms. The number of para-hydroxylation sites is 2. The molecule has 10 aromatic rings. The molecule has 8 aromatic carbocycles. The van der Waals surface area contributed by atoms with Gasteiger partial charge in [0.1, 0.15) is 23.7 Å². The van der Waals surface area contributed by atoms with Gasteiger partial charge in [0.15, 0.2) is 11.5 Å². The molecule has 6 nitrogen and oxygen atoms in total. The summed E-state index contributed by atoms with van der Waals surface area (Å²) in [6.45, 7) is 31.9. The molecule has 1 saturated carbocycles. The second-order valence-electron chi connectivity index (χ2n) is 27.0. The number of aromatic nitrogens is 2. The van der Waals surface area contributed by atoms with Crippen LogP contribution in [0.5, 0.6) is 23.0 Å². The molecule has 0 saturated heterocycles. The van der Waals surface area contributed by atoms with Crippen LogP contribution in [0.4, 0.5) is 0 Å². The number of ether oxygens (including phenoxy) is 4. The molecule has 412 valence electrons. The lowest BCUT2D eigenvalue weighted by Crippen LogP contribution is -2.32. The van der Waals surface area contributed by atoms with Gasteiger partial charge in [0.05, 0.1) is 47.7 Å². The molecule has 2 heterocycles. The summed E-state index contributed by atoms with van der Waals surface area (Å²) in [7, 11) is 3.60. The minimum Gasteiger partial charge on any atom is -0.494 e. The van der Waals surface area contributed by atoms with E-state index in [1.807, 2.05) is 0 Å². The zero-order valence-corrected chi connectivity index (χ0v) is 50.4. The van der Waals surface area contributed by atoms with Gasteiger partial charge in [-0.25, -0.2) is 0 Å². The fourth-order valence-electron chi connectivity index (χ4n) is 12.4. The molecule has 6 heteroatoms. The van der Waals surface area contributed by atoms with Gasteiger partial charge in [0, 0.05) is 50.2 Å². The number of hydrogen-bond donors (Lipinski definition) is 0. The summed E-state index contributed by atoms with van der Waals surface area (Å²) in [6, 6.07) is 54.0. The zero-order chi connectivity index (χ0) is 56.8. The van der Waals surface area contributed by atoms with Crippen molar-refractivity contribution in [3.63, 3.8) is 0 Å². The first-order valence-corrected chi connectivity index (χ1v) is 29.0. The first-order valence-electron chi connectivity index (χ1n) is 29.0. The Morgan fingerprint density at radius 3 is 0.988 bits per heavy atom. The summed E-state index contributed by atoms with van der Waals surface area (Å²) < 4.78 is 32.3. The normalized spacial score (nSPS) is 15.6. The van der Waals surface area contributed by atoms with E-state index in [2.05, 4.69) is 252 Å². The van der Waals surface area contributed by atoms with E-state index in [1.165, 1.54) is 43.8 Å². The summed E-state index contributed by atoms with van der Waals surface area (Å²) in [5.41, 5.74) is 18.2. The first-order chi connectivity index (χ1) is 37.9. The van der Waals surface area contributed by atoms with Crippen molar-refractivity contribution >= 4 is 43.6 Å². The minimum atomic E-state index is -0.0586. The highest BCUT2D eigenvalue weighted by Gasteiger charge is 2.30. The van der Waals surface area contributed by atoms with Gasteiger partial charge in [-0.1, -0.05) is 144 Å². The smallest absolute Gasteiger partial charge is 0.150 e. The molecule has 0 unspecified atom stereocenters. The molecule has 80 heavy (non-hydrogen) atoms. The Labute approximate surface area is 475 Å². The summed E-state index contributed by atoms with van der Waals surface area (Å²) >= 11 is 0. The quantitative estimate of drug-likeness (QED) is 0.137. The van der Waals surface area contributed by atoms with Gasteiger partial charge < -0.3 is 28.1 Å². The summed E-state index contributed by atoms with van der Waals surface area (Å²) in [5.74, 6) is 3.30. The molecule has 1 aliphatic rings. The van der Waals surface area contributed by atoms with Gasteiger partial charge >= 0.3 is 0 Å². The van der Waals surface area contributed by atoms with Crippen molar-refractivity contribution in [3.8, 4) is 56.6 Å². The predicted molar refractivity (Wildman–Crippen MR) is 337 cm³/mol. The average Bonchev–Trinajstić information content (AvgIpc) is 3.91. The van der Waals surface area contributed by atoms with Crippen molar-refractivity contribution in [1.29, 1.82) is 0 Å². The largest absolute Gasteiger partial charge is 0.494 e. The molecule has 0 N–H and O–H groups in total. The fraction of sp³-hybridized carbons (Fsp3) is 0.351. The van der Waals surface area contributed by atoms with E-state index in [4.69, 9.17) is 18.9 Å². The van der Waals surface area contributed by atoms with E-state index in [-0.39, 0.29) is 33.9 Å². The van der Waals surface area contributed by atoms with E-state index in [1.54, 1.807) is 14.2 Å². The third-order valence-corrected chi connectivity index (χ3v) is 16.8. The molecule has 1 fully saturated rings. The van der Waals surface area contributed by atoms with Crippen LogP contribution in [0.3, 0.4) is 0 Å². The molecule has 0 bridgehead atoms. The van der Waals surface area contributed by atoms with Crippen molar-refractivity contribution in [1.82, 2.24) is 9.13 Å². The van der Waals surface area contributed by atoms with Gasteiger partial charge in [0.25, 0.3) is 0 Å². The Hall–Kier alpha value is -7.44. The van der Waals surface area contributed by atoms with E-state index in [0.29, 0.717) is 0 Å². The summed E-state index contributed by atoms with van der Waals surface area (Å²) in [5, 5.41) is 4.98. The van der Waals surface area contributed by atoms with Crippen LogP contribution in [0, 0.1) is 13.8 Å². The van der Waals surface area contributed by atoms with E-state index >= 15 is 0 Å². The molecule has 0 amide bonds. The van der Waals surface area contributed by atoms with Crippen molar-refractivity contribution < 1.29 is 18.9 Å². The molecule has 0 aliphatic heterocycles. The number of aryl methyl sites for hydroxylation is 2. The maximum absolute atomic E-state index is 7.19. The second-order valence-corrected chi connectivity index (χ2v) is 27.0. The van der Waals surface area contributed by atoms with Crippen LogP contribution in [0.15, 0.2) is 146 Å². The van der Waals surface area contributed by atoms with Gasteiger partial charge in [-0.15, -0.1) is 0 Å². The zero-order valence-electron chi connectivity index (χ0n) is 50.4. The van der Waals surface area contributed by atoms with Gasteiger partial charge in [-0.05, 0) is 173 Å². The number of rotatable bonds is 10. The average molecular weight is 1060 g/mol. The lowest BCUT2D eigenvalue weighted by Gasteiger charge is -2.31. The second kappa shape index (κ2) is 20.3. The number of methoxy groups -OCH3 is 2. The molecule has 0 radical (unpaired) electrons. The van der Waals surface area contributed by atoms with Gasteiger partial charge in [0.2, 0.25) is 0 Å². The maximum atomic E-state index is 7.19. The Balaban J connectivity index is 0.929. The van der Waals surface area contributed by atoms with Crippen LogP contribution < -0.4 is 18.9 Å². The van der Waals surface area contributed by atoms with Gasteiger partial charge in [-0.3, -0.25) is 0 Å². The van der Waals surface area contributed by atoms with Crippen molar-refractivity contribution in [2.24, 2.45) is 0 Å². The third kappa shape index (κ3) is 10.0. The Bertz CT molecular complexity index is 3610. The van der Waals surface area contributed by atoms with E-state index < -0.39 is 0 Å². The van der Waals surface area contributed by atoms with Crippen LogP contribution in [0.1, 0.15) is 142 Å². The van der Waals surface area contributed by atoms with Crippen molar-refractivity contribution in [3.05, 3.63) is 179 Å². The summed E-state index contributed by atoms with van der Waals surface area (Å²) in [4.78, 5) is 0. The SMILES string of the molecule is COc1c(-c2ccccc2O[C@@H]2CCC[C@H](Oc3ccccc3-c3cc(C)cc(-n4c5ccc(C(C)(C)C)cc5c5cc(C(C)(C)C)ccc54)c3OC)C2)cc(C)cc1-n1c2ccc(C(C)(C)C)cc2c2cc(C(C)(C)C)ccc21. The number of fused-ring (bicyclic) bond motifs is 6.